The van der Waals surface area contributed by atoms with Crippen LogP contribution in [0.4, 0.5) is 0 Å². The van der Waals surface area contributed by atoms with Gasteiger partial charge in [0.15, 0.2) is 0 Å². The van der Waals surface area contributed by atoms with E-state index in [4.69, 9.17) is 4.74 Å². The van der Waals surface area contributed by atoms with Crippen molar-refractivity contribution in [1.29, 1.82) is 0 Å². The van der Waals surface area contributed by atoms with E-state index in [2.05, 4.69) is 41.0 Å². The minimum Gasteiger partial charge on any atom is -0.488 e. The quantitative estimate of drug-likeness (QED) is 0.373. The van der Waals surface area contributed by atoms with E-state index in [1.165, 1.54) is 0 Å². The van der Waals surface area contributed by atoms with Crippen molar-refractivity contribution in [2.75, 3.05) is 0 Å². The highest BCUT2D eigenvalue weighted by molar-refractivity contribution is 5.93. The molecule has 0 aliphatic heterocycles. The van der Waals surface area contributed by atoms with Gasteiger partial charge in [-0.25, -0.2) is 4.79 Å². The third-order valence-electron chi connectivity index (χ3n) is 5.69. The monoisotopic (exact) mass is 407 g/mol. The minimum absolute atomic E-state index is 0.157. The standard InChI is InChI=1S/C27H21NO3/c1-28-14-13-21-15-19(10-12-25(21)28)20-9-11-24(27(29)30)26(16-20)31-17-22-7-4-6-18-5-2-3-8-23(18)22/h2-16H,17H2,1H3,(H,29,30). The fraction of sp³-hybridized carbons (Fsp3) is 0.0741. The summed E-state index contributed by atoms with van der Waals surface area (Å²) < 4.78 is 8.14. The van der Waals surface area contributed by atoms with Crippen molar-refractivity contribution < 1.29 is 14.6 Å². The number of aryl methyl sites for hydroxylation is 1. The Hall–Kier alpha value is -4.05. The molecule has 31 heavy (non-hydrogen) atoms. The number of aromatic nitrogens is 1. The molecule has 0 aliphatic carbocycles. The van der Waals surface area contributed by atoms with E-state index >= 15 is 0 Å². The van der Waals surface area contributed by atoms with E-state index in [0.717, 1.165) is 38.4 Å². The van der Waals surface area contributed by atoms with Crippen molar-refractivity contribution in [3.63, 3.8) is 0 Å². The number of rotatable bonds is 5. The first-order valence-corrected chi connectivity index (χ1v) is 10.1. The molecule has 1 aromatic heterocycles. The van der Waals surface area contributed by atoms with Gasteiger partial charge in [-0.05, 0) is 57.8 Å². The highest BCUT2D eigenvalue weighted by Crippen LogP contribution is 2.31. The van der Waals surface area contributed by atoms with Gasteiger partial charge in [-0.2, -0.15) is 0 Å². The lowest BCUT2D eigenvalue weighted by Crippen LogP contribution is -2.04. The molecule has 5 rings (SSSR count). The van der Waals surface area contributed by atoms with Crippen molar-refractivity contribution >= 4 is 27.6 Å². The molecule has 0 spiro atoms. The topological polar surface area (TPSA) is 51.5 Å². The molecular weight excluding hydrogens is 386 g/mol. The number of benzene rings is 4. The number of hydrogen-bond acceptors (Lipinski definition) is 2. The number of fused-ring (bicyclic) bond motifs is 2. The van der Waals surface area contributed by atoms with Crippen molar-refractivity contribution in [2.45, 2.75) is 6.61 Å². The molecule has 4 heteroatoms. The summed E-state index contributed by atoms with van der Waals surface area (Å²) in [6.45, 7) is 0.294. The lowest BCUT2D eigenvalue weighted by atomic mass is 10.0. The van der Waals surface area contributed by atoms with Gasteiger partial charge in [0, 0.05) is 24.1 Å². The van der Waals surface area contributed by atoms with Gasteiger partial charge in [0.25, 0.3) is 0 Å². The average Bonchev–Trinajstić information content (AvgIpc) is 3.17. The maximum atomic E-state index is 11.8. The Morgan fingerprint density at radius 2 is 1.65 bits per heavy atom. The SMILES string of the molecule is Cn1ccc2cc(-c3ccc(C(=O)O)c(OCc4cccc5ccccc45)c3)ccc21. The maximum Gasteiger partial charge on any atom is 0.339 e. The second kappa shape index (κ2) is 7.65. The Kier molecular flexibility index (Phi) is 4.68. The molecule has 0 saturated carbocycles. The van der Waals surface area contributed by atoms with Crippen LogP contribution >= 0.6 is 0 Å². The second-order valence-corrected chi connectivity index (χ2v) is 7.64. The number of nitrogens with zero attached hydrogens (tertiary/aromatic N) is 1. The van der Waals surface area contributed by atoms with Crippen LogP contribution in [-0.2, 0) is 13.7 Å². The van der Waals surface area contributed by atoms with Gasteiger partial charge in [0.2, 0.25) is 0 Å². The molecular formula is C27H21NO3. The molecule has 5 aromatic rings. The highest BCUT2D eigenvalue weighted by atomic mass is 16.5. The van der Waals surface area contributed by atoms with Gasteiger partial charge in [-0.15, -0.1) is 0 Å². The molecule has 0 bridgehead atoms. The van der Waals surface area contributed by atoms with Gasteiger partial charge < -0.3 is 14.4 Å². The predicted molar refractivity (Wildman–Crippen MR) is 124 cm³/mol. The minimum atomic E-state index is -1.00. The van der Waals surface area contributed by atoms with Crippen LogP contribution in [0.1, 0.15) is 15.9 Å². The molecule has 0 fully saturated rings. The van der Waals surface area contributed by atoms with Crippen LogP contribution in [0.25, 0.3) is 32.8 Å². The summed E-state index contributed by atoms with van der Waals surface area (Å²) in [6.07, 6.45) is 2.03. The number of carbonyl (C=O) groups is 1. The summed E-state index contributed by atoms with van der Waals surface area (Å²) in [4.78, 5) is 11.8. The lowest BCUT2D eigenvalue weighted by molar-refractivity contribution is 0.0692. The third kappa shape index (κ3) is 3.53. The van der Waals surface area contributed by atoms with Crippen molar-refractivity contribution in [3.05, 3.63) is 102 Å². The van der Waals surface area contributed by atoms with Crippen LogP contribution in [0.15, 0.2) is 91.1 Å². The molecule has 1 heterocycles. The maximum absolute atomic E-state index is 11.8. The zero-order valence-corrected chi connectivity index (χ0v) is 17.1. The van der Waals surface area contributed by atoms with Crippen LogP contribution in [0, 0.1) is 0 Å². The Morgan fingerprint density at radius 3 is 2.52 bits per heavy atom. The van der Waals surface area contributed by atoms with Gasteiger partial charge >= 0.3 is 5.97 Å². The Labute approximate surface area is 179 Å². The predicted octanol–water partition coefficient (Wildman–Crippen LogP) is 6.28. The zero-order chi connectivity index (χ0) is 21.4. The Morgan fingerprint density at radius 1 is 0.871 bits per heavy atom. The number of carboxylic acid groups (broad SMARTS) is 1. The normalized spacial score (nSPS) is 11.1. The van der Waals surface area contributed by atoms with Crippen molar-refractivity contribution in [1.82, 2.24) is 4.57 Å². The van der Waals surface area contributed by atoms with Crippen LogP contribution < -0.4 is 4.74 Å². The second-order valence-electron chi connectivity index (χ2n) is 7.64. The van der Waals surface area contributed by atoms with Crippen LogP contribution in [0.5, 0.6) is 5.75 Å². The lowest BCUT2D eigenvalue weighted by Gasteiger charge is -2.13. The molecule has 0 unspecified atom stereocenters. The number of carboxylic acids is 1. The average molecular weight is 407 g/mol. The number of aromatic carboxylic acids is 1. The highest BCUT2D eigenvalue weighted by Gasteiger charge is 2.14. The smallest absolute Gasteiger partial charge is 0.339 e. The van der Waals surface area contributed by atoms with Crippen LogP contribution in [0.3, 0.4) is 0 Å². The molecule has 1 N–H and O–H groups in total. The van der Waals surface area contributed by atoms with E-state index in [0.29, 0.717) is 12.4 Å². The Bertz CT molecular complexity index is 1430. The fourth-order valence-electron chi connectivity index (χ4n) is 4.03. The van der Waals surface area contributed by atoms with Crippen molar-refractivity contribution in [3.8, 4) is 16.9 Å². The molecule has 152 valence electrons. The number of hydrogen-bond donors (Lipinski definition) is 1. The van der Waals surface area contributed by atoms with Crippen molar-refractivity contribution in [2.24, 2.45) is 7.05 Å². The Balaban J connectivity index is 1.51. The molecule has 4 aromatic carbocycles. The summed E-state index contributed by atoms with van der Waals surface area (Å²) in [5, 5.41) is 13.0. The van der Waals surface area contributed by atoms with E-state index in [1.54, 1.807) is 6.07 Å². The summed E-state index contributed by atoms with van der Waals surface area (Å²) in [5.41, 5.74) is 4.27. The van der Waals surface area contributed by atoms with Gasteiger partial charge in [-0.1, -0.05) is 54.6 Å². The number of ether oxygens (including phenoxy) is 1. The first-order chi connectivity index (χ1) is 15.1. The molecule has 0 saturated heterocycles. The largest absolute Gasteiger partial charge is 0.488 e. The molecule has 0 atom stereocenters. The molecule has 0 aliphatic rings. The van der Waals surface area contributed by atoms with Gasteiger partial charge in [-0.3, -0.25) is 0 Å². The van der Waals surface area contributed by atoms with E-state index in [9.17, 15) is 9.90 Å². The van der Waals surface area contributed by atoms with Crippen LogP contribution in [-0.4, -0.2) is 15.6 Å². The summed E-state index contributed by atoms with van der Waals surface area (Å²) in [5.74, 6) is -0.635. The van der Waals surface area contributed by atoms with E-state index in [-0.39, 0.29) is 5.56 Å². The summed E-state index contributed by atoms with van der Waals surface area (Å²) in [6, 6.07) is 27.7. The first-order valence-electron chi connectivity index (χ1n) is 10.1. The molecule has 0 radical (unpaired) electrons. The van der Waals surface area contributed by atoms with Gasteiger partial charge in [0.1, 0.15) is 17.9 Å². The summed E-state index contributed by atoms with van der Waals surface area (Å²) in [7, 11) is 2.02. The van der Waals surface area contributed by atoms with E-state index in [1.807, 2.05) is 55.7 Å². The third-order valence-corrected chi connectivity index (χ3v) is 5.69. The summed E-state index contributed by atoms with van der Waals surface area (Å²) >= 11 is 0. The fourth-order valence-corrected chi connectivity index (χ4v) is 4.03. The molecule has 0 amide bonds. The molecule has 4 nitrogen and oxygen atoms in total. The van der Waals surface area contributed by atoms with Gasteiger partial charge in [0.05, 0.1) is 0 Å². The van der Waals surface area contributed by atoms with E-state index < -0.39 is 5.97 Å². The first kappa shape index (κ1) is 18.9. The van der Waals surface area contributed by atoms with Crippen LogP contribution in [0.2, 0.25) is 0 Å². The zero-order valence-electron chi connectivity index (χ0n) is 17.1.